The van der Waals surface area contributed by atoms with Gasteiger partial charge in [-0.15, -0.1) is 0 Å². The molecule has 0 bridgehead atoms. The molecular formula is C10H20O4. The van der Waals surface area contributed by atoms with Crippen LogP contribution in [-0.4, -0.2) is 36.0 Å². The lowest BCUT2D eigenvalue weighted by atomic mass is 10.2. The van der Waals surface area contributed by atoms with Crippen molar-refractivity contribution in [2.75, 3.05) is 13.2 Å². The summed E-state index contributed by atoms with van der Waals surface area (Å²) in [7, 11) is 0. The van der Waals surface area contributed by atoms with Gasteiger partial charge in [0, 0.05) is 0 Å². The van der Waals surface area contributed by atoms with Crippen molar-refractivity contribution < 1.29 is 19.4 Å². The Morgan fingerprint density at radius 1 is 1.43 bits per heavy atom. The van der Waals surface area contributed by atoms with Gasteiger partial charge in [0.2, 0.25) is 0 Å². The molecule has 0 aliphatic carbocycles. The van der Waals surface area contributed by atoms with E-state index in [9.17, 15) is 4.79 Å². The molecular weight excluding hydrogens is 184 g/mol. The van der Waals surface area contributed by atoms with Gasteiger partial charge in [0.25, 0.3) is 0 Å². The summed E-state index contributed by atoms with van der Waals surface area (Å²) in [6, 6.07) is 0. The zero-order chi connectivity index (χ0) is 11.2. The molecule has 1 N–H and O–H groups in total. The molecule has 0 aliphatic rings. The third kappa shape index (κ3) is 8.01. The van der Waals surface area contributed by atoms with Crippen molar-refractivity contribution in [3.8, 4) is 0 Å². The fourth-order valence-electron chi connectivity index (χ4n) is 0.789. The number of ether oxygens (including phenoxy) is 2. The number of aliphatic hydroxyl groups excluding tert-OH is 1. The van der Waals surface area contributed by atoms with Crippen LogP contribution < -0.4 is 0 Å². The first kappa shape index (κ1) is 13.4. The standard InChI is InChI=1S/C10H20O4/c1-8(7-11)13-6-5-9(12)14-10(2,3)4/h8,11H,5-7H2,1-4H3. The Kier molecular flexibility index (Phi) is 5.72. The summed E-state index contributed by atoms with van der Waals surface area (Å²) in [5.41, 5.74) is -0.445. The van der Waals surface area contributed by atoms with E-state index in [1.807, 2.05) is 20.8 Å². The number of hydrogen-bond donors (Lipinski definition) is 1. The van der Waals surface area contributed by atoms with E-state index in [1.54, 1.807) is 6.92 Å². The highest BCUT2D eigenvalue weighted by molar-refractivity contribution is 5.69. The van der Waals surface area contributed by atoms with Gasteiger partial charge in [0.15, 0.2) is 0 Å². The molecule has 0 saturated heterocycles. The maximum atomic E-state index is 11.2. The predicted molar refractivity (Wildman–Crippen MR) is 53.0 cm³/mol. The monoisotopic (exact) mass is 204 g/mol. The zero-order valence-electron chi connectivity index (χ0n) is 9.37. The fraction of sp³-hybridized carbons (Fsp3) is 0.900. The third-order valence-corrected chi connectivity index (χ3v) is 1.39. The maximum absolute atomic E-state index is 11.2. The SMILES string of the molecule is CC(CO)OCCC(=O)OC(C)(C)C. The topological polar surface area (TPSA) is 55.8 Å². The van der Waals surface area contributed by atoms with Crippen LogP contribution in [0.15, 0.2) is 0 Å². The van der Waals surface area contributed by atoms with E-state index in [2.05, 4.69) is 0 Å². The second kappa shape index (κ2) is 5.98. The first-order chi connectivity index (χ1) is 6.35. The predicted octanol–water partition coefficient (Wildman–Crippen LogP) is 1.12. The maximum Gasteiger partial charge on any atom is 0.308 e. The molecule has 0 aromatic heterocycles. The van der Waals surface area contributed by atoms with Crippen LogP contribution in [-0.2, 0) is 14.3 Å². The molecule has 14 heavy (non-hydrogen) atoms. The summed E-state index contributed by atoms with van der Waals surface area (Å²) in [4.78, 5) is 11.2. The third-order valence-electron chi connectivity index (χ3n) is 1.39. The Labute approximate surface area is 85.2 Å². The van der Waals surface area contributed by atoms with E-state index in [0.29, 0.717) is 0 Å². The lowest BCUT2D eigenvalue weighted by Gasteiger charge is -2.19. The van der Waals surface area contributed by atoms with E-state index < -0.39 is 5.60 Å². The number of esters is 1. The van der Waals surface area contributed by atoms with Crippen molar-refractivity contribution >= 4 is 5.97 Å². The molecule has 1 unspecified atom stereocenters. The van der Waals surface area contributed by atoms with Gasteiger partial charge in [-0.05, 0) is 27.7 Å². The van der Waals surface area contributed by atoms with Crippen LogP contribution >= 0.6 is 0 Å². The van der Waals surface area contributed by atoms with Gasteiger partial charge < -0.3 is 14.6 Å². The fourth-order valence-corrected chi connectivity index (χ4v) is 0.789. The number of rotatable bonds is 5. The summed E-state index contributed by atoms with van der Waals surface area (Å²) in [5, 5.41) is 8.65. The molecule has 0 aliphatic heterocycles. The van der Waals surface area contributed by atoms with Crippen molar-refractivity contribution in [2.45, 2.75) is 45.8 Å². The first-order valence-corrected chi connectivity index (χ1v) is 4.79. The quantitative estimate of drug-likeness (QED) is 0.682. The molecule has 0 fully saturated rings. The second-order valence-corrected chi connectivity index (χ2v) is 4.20. The van der Waals surface area contributed by atoms with Gasteiger partial charge in [-0.3, -0.25) is 4.79 Å². The number of carbonyl (C=O) groups excluding carboxylic acids is 1. The Morgan fingerprint density at radius 3 is 2.43 bits per heavy atom. The molecule has 4 nitrogen and oxygen atoms in total. The largest absolute Gasteiger partial charge is 0.460 e. The number of aliphatic hydroxyl groups is 1. The Bertz CT molecular complexity index is 171. The van der Waals surface area contributed by atoms with Crippen molar-refractivity contribution in [1.29, 1.82) is 0 Å². The first-order valence-electron chi connectivity index (χ1n) is 4.79. The van der Waals surface area contributed by atoms with Crippen molar-refractivity contribution in [3.63, 3.8) is 0 Å². The van der Waals surface area contributed by atoms with Gasteiger partial charge in [-0.2, -0.15) is 0 Å². The van der Waals surface area contributed by atoms with Crippen LogP contribution in [0, 0.1) is 0 Å². The van der Waals surface area contributed by atoms with E-state index >= 15 is 0 Å². The van der Waals surface area contributed by atoms with Gasteiger partial charge >= 0.3 is 5.97 Å². The lowest BCUT2D eigenvalue weighted by molar-refractivity contribution is -0.156. The second-order valence-electron chi connectivity index (χ2n) is 4.20. The van der Waals surface area contributed by atoms with E-state index in [1.165, 1.54) is 0 Å². The normalized spacial score (nSPS) is 13.8. The highest BCUT2D eigenvalue weighted by Gasteiger charge is 2.15. The molecule has 0 radical (unpaired) electrons. The molecule has 0 aromatic carbocycles. The van der Waals surface area contributed by atoms with Gasteiger partial charge in [0.05, 0.1) is 25.7 Å². The molecule has 0 saturated carbocycles. The van der Waals surface area contributed by atoms with E-state index in [0.717, 1.165) is 0 Å². The van der Waals surface area contributed by atoms with Gasteiger partial charge in [-0.25, -0.2) is 0 Å². The molecule has 0 rings (SSSR count). The summed E-state index contributed by atoms with van der Waals surface area (Å²) < 4.78 is 10.2. The Balaban J connectivity index is 3.55. The zero-order valence-corrected chi connectivity index (χ0v) is 9.37. The van der Waals surface area contributed by atoms with E-state index in [-0.39, 0.29) is 31.7 Å². The summed E-state index contributed by atoms with van der Waals surface area (Å²) in [6.45, 7) is 7.46. The molecule has 84 valence electrons. The minimum absolute atomic E-state index is 0.0334. The minimum Gasteiger partial charge on any atom is -0.460 e. The average molecular weight is 204 g/mol. The van der Waals surface area contributed by atoms with Crippen molar-refractivity contribution in [3.05, 3.63) is 0 Å². The molecule has 0 spiro atoms. The molecule has 4 heteroatoms. The molecule has 0 amide bonds. The number of hydrogen-bond acceptors (Lipinski definition) is 4. The summed E-state index contributed by atoms with van der Waals surface area (Å²) in [6.07, 6.45) is -0.000776. The Hall–Kier alpha value is -0.610. The van der Waals surface area contributed by atoms with Crippen molar-refractivity contribution in [2.24, 2.45) is 0 Å². The van der Waals surface area contributed by atoms with Crippen LogP contribution in [0.3, 0.4) is 0 Å². The highest BCUT2D eigenvalue weighted by atomic mass is 16.6. The van der Waals surface area contributed by atoms with Crippen molar-refractivity contribution in [1.82, 2.24) is 0 Å². The van der Waals surface area contributed by atoms with Crippen LogP contribution in [0.2, 0.25) is 0 Å². The molecule has 0 aromatic rings. The smallest absolute Gasteiger partial charge is 0.308 e. The molecule has 1 atom stereocenters. The Morgan fingerprint density at radius 2 is 2.00 bits per heavy atom. The molecule has 0 heterocycles. The summed E-state index contributed by atoms with van der Waals surface area (Å²) in [5.74, 6) is -0.275. The summed E-state index contributed by atoms with van der Waals surface area (Å²) >= 11 is 0. The minimum atomic E-state index is -0.445. The van der Waals surface area contributed by atoms with Gasteiger partial charge in [0.1, 0.15) is 5.60 Å². The van der Waals surface area contributed by atoms with Crippen LogP contribution in [0.1, 0.15) is 34.1 Å². The van der Waals surface area contributed by atoms with Crippen LogP contribution in [0.25, 0.3) is 0 Å². The highest BCUT2D eigenvalue weighted by Crippen LogP contribution is 2.08. The van der Waals surface area contributed by atoms with Crippen LogP contribution in [0.5, 0.6) is 0 Å². The van der Waals surface area contributed by atoms with Gasteiger partial charge in [-0.1, -0.05) is 0 Å². The average Bonchev–Trinajstić information content (AvgIpc) is 2.00. The lowest BCUT2D eigenvalue weighted by Crippen LogP contribution is -2.25. The number of carbonyl (C=O) groups is 1. The van der Waals surface area contributed by atoms with E-state index in [4.69, 9.17) is 14.6 Å². The van der Waals surface area contributed by atoms with Crippen LogP contribution in [0.4, 0.5) is 0 Å².